The Kier molecular flexibility index (Phi) is 5.51. The van der Waals surface area contributed by atoms with Crippen LogP contribution in [0.2, 0.25) is 5.02 Å². The highest BCUT2D eigenvalue weighted by Crippen LogP contribution is 2.30. The van der Waals surface area contributed by atoms with Crippen molar-refractivity contribution < 1.29 is 19.2 Å². The lowest BCUT2D eigenvalue weighted by molar-refractivity contribution is 0.0696. The number of nitrogens with zero attached hydrogens (tertiary/aromatic N) is 3. The minimum Gasteiger partial charge on any atom is -0.478 e. The Morgan fingerprint density at radius 2 is 1.85 bits per heavy atom. The van der Waals surface area contributed by atoms with E-state index in [4.69, 9.17) is 21.2 Å². The van der Waals surface area contributed by atoms with Gasteiger partial charge in [0.2, 0.25) is 0 Å². The van der Waals surface area contributed by atoms with E-state index >= 15 is 0 Å². The fourth-order valence-electron chi connectivity index (χ4n) is 3.94. The number of carbonyl (C=O) groups is 2. The molecule has 170 valence electrons. The summed E-state index contributed by atoms with van der Waals surface area (Å²) in [6.07, 6.45) is 3.24. The maximum Gasteiger partial charge on any atom is 0.335 e. The number of carboxylic acids is 1. The van der Waals surface area contributed by atoms with E-state index < -0.39 is 5.97 Å². The highest BCUT2D eigenvalue weighted by molar-refractivity contribution is 6.30. The largest absolute Gasteiger partial charge is 0.478 e. The molecule has 0 saturated carbocycles. The molecule has 2 N–H and O–H groups in total. The number of carboxylic acid groups (broad SMARTS) is 1. The Morgan fingerprint density at radius 3 is 2.56 bits per heavy atom. The van der Waals surface area contributed by atoms with Crippen molar-refractivity contribution in [3.05, 3.63) is 94.3 Å². The summed E-state index contributed by atoms with van der Waals surface area (Å²) in [5.41, 5.74) is 3.58. The van der Waals surface area contributed by atoms with Crippen LogP contribution in [0.5, 0.6) is 0 Å². The van der Waals surface area contributed by atoms with Gasteiger partial charge in [-0.1, -0.05) is 41.0 Å². The van der Waals surface area contributed by atoms with Crippen LogP contribution < -0.4 is 5.32 Å². The van der Waals surface area contributed by atoms with Gasteiger partial charge in [0.05, 0.1) is 47.0 Å². The van der Waals surface area contributed by atoms with Crippen molar-refractivity contribution in [2.24, 2.45) is 0 Å². The first-order chi connectivity index (χ1) is 16.4. The quantitative estimate of drug-likeness (QED) is 0.355. The van der Waals surface area contributed by atoms with Crippen molar-refractivity contribution in [1.29, 1.82) is 0 Å². The molecule has 0 radical (unpaired) electrons. The summed E-state index contributed by atoms with van der Waals surface area (Å²) in [6, 6.07) is 15.2. The zero-order valence-electron chi connectivity index (χ0n) is 18.0. The molecule has 0 aliphatic heterocycles. The van der Waals surface area contributed by atoms with Crippen LogP contribution in [0, 0.1) is 0 Å². The highest BCUT2D eigenvalue weighted by Gasteiger charge is 2.21. The van der Waals surface area contributed by atoms with E-state index in [0.717, 1.165) is 11.1 Å². The lowest BCUT2D eigenvalue weighted by Crippen LogP contribution is -2.27. The zero-order chi connectivity index (χ0) is 23.8. The molecule has 0 aliphatic rings. The SMILES string of the molecule is C[C@H](NC(=O)c1cc2cnoc2c2cnn(Cc3ccc(Cl)cc3)c12)c1ccc(C(=O)O)cc1. The summed E-state index contributed by atoms with van der Waals surface area (Å²) in [5, 5.41) is 22.5. The first-order valence-electron chi connectivity index (χ1n) is 10.5. The number of nitrogens with one attached hydrogen (secondary N) is 1. The third kappa shape index (κ3) is 3.99. The molecule has 0 spiro atoms. The minimum atomic E-state index is -0.999. The molecule has 0 bridgehead atoms. The van der Waals surface area contributed by atoms with Crippen LogP contribution in [0.4, 0.5) is 0 Å². The summed E-state index contributed by atoms with van der Waals surface area (Å²) < 4.78 is 7.18. The maximum atomic E-state index is 13.4. The zero-order valence-corrected chi connectivity index (χ0v) is 18.8. The molecule has 2 heterocycles. The Hall–Kier alpha value is -4.17. The van der Waals surface area contributed by atoms with Gasteiger partial charge in [-0.25, -0.2) is 4.79 Å². The molecule has 8 nitrogen and oxygen atoms in total. The Labute approximate surface area is 198 Å². The number of fused-ring (bicyclic) bond motifs is 3. The van der Waals surface area contributed by atoms with E-state index in [2.05, 4.69) is 15.6 Å². The lowest BCUT2D eigenvalue weighted by atomic mass is 10.0. The minimum absolute atomic E-state index is 0.188. The van der Waals surface area contributed by atoms with Crippen LogP contribution in [0.1, 0.15) is 44.8 Å². The summed E-state index contributed by atoms with van der Waals surface area (Å²) in [7, 11) is 0. The number of hydrogen-bond acceptors (Lipinski definition) is 5. The predicted molar refractivity (Wildman–Crippen MR) is 127 cm³/mol. The molecule has 0 fully saturated rings. The Balaban J connectivity index is 1.51. The van der Waals surface area contributed by atoms with Gasteiger partial charge < -0.3 is 14.9 Å². The van der Waals surface area contributed by atoms with Crippen LogP contribution in [-0.4, -0.2) is 31.9 Å². The second kappa shape index (κ2) is 8.64. The molecule has 9 heteroatoms. The van der Waals surface area contributed by atoms with Crippen molar-refractivity contribution in [3.63, 3.8) is 0 Å². The number of carbonyl (C=O) groups excluding carboxylic acids is 1. The molecule has 5 aromatic rings. The molecule has 34 heavy (non-hydrogen) atoms. The first-order valence-corrected chi connectivity index (χ1v) is 10.9. The topological polar surface area (TPSA) is 110 Å². The van der Waals surface area contributed by atoms with Gasteiger partial charge in [-0.2, -0.15) is 5.10 Å². The van der Waals surface area contributed by atoms with Crippen LogP contribution >= 0.6 is 11.6 Å². The number of halogens is 1. The molecular weight excluding hydrogens is 456 g/mol. The third-order valence-corrected chi connectivity index (χ3v) is 5.98. The molecule has 2 aromatic heterocycles. The molecule has 0 unspecified atom stereocenters. The average molecular weight is 475 g/mol. The van der Waals surface area contributed by atoms with E-state index in [1.165, 1.54) is 12.1 Å². The first kappa shape index (κ1) is 21.7. The van der Waals surface area contributed by atoms with Crippen molar-refractivity contribution in [2.45, 2.75) is 19.5 Å². The number of aromatic carboxylic acids is 1. The van der Waals surface area contributed by atoms with E-state index in [9.17, 15) is 9.59 Å². The normalized spacial score (nSPS) is 12.2. The maximum absolute atomic E-state index is 13.4. The van der Waals surface area contributed by atoms with Gasteiger partial charge in [-0.15, -0.1) is 0 Å². The molecule has 0 aliphatic carbocycles. The molecule has 5 rings (SSSR count). The molecule has 0 saturated heterocycles. The van der Waals surface area contributed by atoms with Crippen molar-refractivity contribution in [3.8, 4) is 0 Å². The second-order valence-electron chi connectivity index (χ2n) is 7.98. The summed E-state index contributed by atoms with van der Waals surface area (Å²) in [4.78, 5) is 24.5. The number of hydrogen-bond donors (Lipinski definition) is 2. The fraction of sp³-hybridized carbons (Fsp3) is 0.120. The van der Waals surface area contributed by atoms with Gasteiger partial charge >= 0.3 is 5.97 Å². The van der Waals surface area contributed by atoms with Gasteiger partial charge in [0.25, 0.3) is 5.91 Å². The summed E-state index contributed by atoms with van der Waals surface area (Å²) >= 11 is 6.01. The average Bonchev–Trinajstić information content (AvgIpc) is 3.47. The van der Waals surface area contributed by atoms with Crippen molar-refractivity contribution in [1.82, 2.24) is 20.3 Å². The van der Waals surface area contributed by atoms with Crippen molar-refractivity contribution in [2.75, 3.05) is 0 Å². The van der Waals surface area contributed by atoms with Gasteiger partial charge in [0.1, 0.15) is 0 Å². The van der Waals surface area contributed by atoms with Crippen LogP contribution in [0.15, 0.2) is 71.5 Å². The predicted octanol–water partition coefficient (Wildman–Crippen LogP) is 5.07. The van der Waals surface area contributed by atoms with E-state index in [1.807, 2.05) is 31.2 Å². The van der Waals surface area contributed by atoms with Gasteiger partial charge in [0.15, 0.2) is 5.58 Å². The van der Waals surface area contributed by atoms with E-state index in [1.54, 1.807) is 35.3 Å². The van der Waals surface area contributed by atoms with Crippen LogP contribution in [0.3, 0.4) is 0 Å². The monoisotopic (exact) mass is 474 g/mol. The smallest absolute Gasteiger partial charge is 0.335 e. The Morgan fingerprint density at radius 1 is 1.12 bits per heavy atom. The number of benzene rings is 3. The molecule has 1 atom stereocenters. The molecule has 1 amide bonds. The number of aromatic nitrogens is 3. The van der Waals surface area contributed by atoms with E-state index in [-0.39, 0.29) is 17.5 Å². The summed E-state index contributed by atoms with van der Waals surface area (Å²) in [5.74, 6) is -1.29. The number of amides is 1. The second-order valence-corrected chi connectivity index (χ2v) is 8.42. The lowest BCUT2D eigenvalue weighted by Gasteiger charge is -2.16. The third-order valence-electron chi connectivity index (χ3n) is 5.73. The van der Waals surface area contributed by atoms with Crippen LogP contribution in [-0.2, 0) is 6.54 Å². The highest BCUT2D eigenvalue weighted by atomic mass is 35.5. The van der Waals surface area contributed by atoms with Gasteiger partial charge in [-0.3, -0.25) is 9.48 Å². The number of rotatable bonds is 6. The van der Waals surface area contributed by atoms with Crippen molar-refractivity contribution >= 4 is 45.3 Å². The standard InChI is InChI=1S/C25H19ClN4O4/c1-14(16-4-6-17(7-5-16)25(32)33)29-24(31)20-10-18-11-28-34-23(18)21-12-27-30(22(20)21)13-15-2-8-19(26)9-3-15/h2-12,14H,13H2,1H3,(H,29,31)(H,32,33)/t14-/m0/s1. The Bertz CT molecular complexity index is 1520. The van der Waals surface area contributed by atoms with Crippen LogP contribution in [0.25, 0.3) is 21.9 Å². The molecule has 3 aromatic carbocycles. The fourth-order valence-corrected chi connectivity index (χ4v) is 4.07. The summed E-state index contributed by atoms with van der Waals surface area (Å²) in [6.45, 7) is 2.28. The molecular formula is C25H19ClN4O4. The van der Waals surface area contributed by atoms with Gasteiger partial charge in [0, 0.05) is 10.4 Å². The van der Waals surface area contributed by atoms with E-state index in [0.29, 0.717) is 39.0 Å². The van der Waals surface area contributed by atoms with Gasteiger partial charge in [-0.05, 0) is 48.4 Å².